The summed E-state index contributed by atoms with van der Waals surface area (Å²) < 4.78 is 16.4. The molecule has 1 saturated heterocycles. The number of hydrogen-bond donors (Lipinski definition) is 1. The van der Waals surface area contributed by atoms with Crippen molar-refractivity contribution < 1.29 is 28.6 Å². The number of anilines is 1. The van der Waals surface area contributed by atoms with E-state index in [1.54, 1.807) is 43.3 Å². The number of hydrogen-bond acceptors (Lipinski definition) is 6. The normalized spacial score (nSPS) is 17.5. The van der Waals surface area contributed by atoms with Gasteiger partial charge in [0, 0.05) is 16.8 Å². The highest BCUT2D eigenvalue weighted by Gasteiger charge is 2.48. The van der Waals surface area contributed by atoms with Gasteiger partial charge in [-0.3, -0.25) is 14.5 Å². The molecule has 1 N–H and O–H groups in total. The van der Waals surface area contributed by atoms with Gasteiger partial charge >= 0.3 is 0 Å². The van der Waals surface area contributed by atoms with Gasteiger partial charge < -0.3 is 19.0 Å². The number of rotatable bonds is 5. The topological polar surface area (TPSA) is 89.2 Å². The van der Waals surface area contributed by atoms with Crippen LogP contribution in [-0.4, -0.2) is 31.0 Å². The summed E-state index contributed by atoms with van der Waals surface area (Å²) in [6.45, 7) is 1.74. The fourth-order valence-electron chi connectivity index (χ4n) is 3.76. The number of furan rings is 1. The van der Waals surface area contributed by atoms with Gasteiger partial charge in [-0.1, -0.05) is 23.2 Å². The van der Waals surface area contributed by atoms with Crippen molar-refractivity contribution in [2.24, 2.45) is 0 Å². The van der Waals surface area contributed by atoms with Crippen LogP contribution in [0.25, 0.3) is 5.76 Å². The second kappa shape index (κ2) is 8.84. The highest BCUT2D eigenvalue weighted by Crippen LogP contribution is 2.45. The van der Waals surface area contributed by atoms with E-state index in [2.05, 4.69) is 0 Å². The number of Topliss-reactive ketones (excluding diaryl/α,β-unsaturated/α-hetero) is 1. The first-order valence-corrected chi connectivity index (χ1v) is 10.6. The average molecular weight is 488 g/mol. The zero-order chi connectivity index (χ0) is 23.9. The van der Waals surface area contributed by atoms with Crippen molar-refractivity contribution in [3.63, 3.8) is 0 Å². The number of carbonyl (C=O) groups is 2. The van der Waals surface area contributed by atoms with Gasteiger partial charge in [-0.25, -0.2) is 0 Å². The SMILES string of the molecule is COc1cc(/C(O)=C2\C(=O)C(=O)N(c3ccc(Cl)cc3)C2c2ccc(C)o2)c(OC)cc1Cl. The van der Waals surface area contributed by atoms with Crippen LogP contribution >= 0.6 is 23.2 Å². The van der Waals surface area contributed by atoms with Gasteiger partial charge in [0.2, 0.25) is 0 Å². The van der Waals surface area contributed by atoms with E-state index in [4.69, 9.17) is 37.1 Å². The smallest absolute Gasteiger partial charge is 0.300 e. The molecule has 0 saturated carbocycles. The van der Waals surface area contributed by atoms with Gasteiger partial charge in [0.15, 0.2) is 0 Å². The minimum Gasteiger partial charge on any atom is -0.507 e. The van der Waals surface area contributed by atoms with Crippen LogP contribution < -0.4 is 14.4 Å². The van der Waals surface area contributed by atoms with E-state index in [9.17, 15) is 14.7 Å². The Kier molecular flexibility index (Phi) is 6.10. The Morgan fingerprint density at radius 3 is 2.24 bits per heavy atom. The van der Waals surface area contributed by atoms with Crippen molar-refractivity contribution in [3.8, 4) is 11.5 Å². The molecule has 1 aliphatic heterocycles. The van der Waals surface area contributed by atoms with Crippen LogP contribution in [0.2, 0.25) is 10.0 Å². The van der Waals surface area contributed by atoms with Crippen LogP contribution in [0.15, 0.2) is 58.5 Å². The number of ketones is 1. The summed E-state index contributed by atoms with van der Waals surface area (Å²) in [5, 5.41) is 12.0. The Balaban J connectivity index is 1.98. The number of methoxy groups -OCH3 is 2. The number of nitrogens with zero attached hydrogens (tertiary/aromatic N) is 1. The molecule has 0 aliphatic carbocycles. The lowest BCUT2D eigenvalue weighted by Crippen LogP contribution is -2.29. The standard InChI is InChI=1S/C24H19Cl2NO6/c1-12-4-9-17(33-12)21-20(22(28)15-10-19(32-3)16(26)11-18(15)31-2)23(29)24(30)27(21)14-7-5-13(25)6-8-14/h4-11,21,28H,1-3H3/b22-20+. The summed E-state index contributed by atoms with van der Waals surface area (Å²) in [7, 11) is 2.82. The molecule has 2 heterocycles. The molecular weight excluding hydrogens is 469 g/mol. The molecule has 1 unspecified atom stereocenters. The molecule has 33 heavy (non-hydrogen) atoms. The minimum atomic E-state index is -1.02. The molecule has 2 aromatic carbocycles. The number of amides is 1. The van der Waals surface area contributed by atoms with Crippen molar-refractivity contribution in [3.05, 3.63) is 81.2 Å². The van der Waals surface area contributed by atoms with Crippen LogP contribution in [0.1, 0.15) is 23.1 Å². The molecule has 1 atom stereocenters. The fraction of sp³-hybridized carbons (Fsp3) is 0.167. The second-order valence-corrected chi connectivity index (χ2v) is 8.12. The molecule has 1 amide bonds. The minimum absolute atomic E-state index is 0.140. The highest BCUT2D eigenvalue weighted by molar-refractivity contribution is 6.51. The van der Waals surface area contributed by atoms with Crippen molar-refractivity contribution in [2.75, 3.05) is 19.1 Å². The molecule has 1 fully saturated rings. The highest BCUT2D eigenvalue weighted by atomic mass is 35.5. The monoisotopic (exact) mass is 487 g/mol. The summed E-state index contributed by atoms with van der Waals surface area (Å²) in [4.78, 5) is 27.6. The van der Waals surface area contributed by atoms with Crippen molar-refractivity contribution >= 4 is 46.3 Å². The average Bonchev–Trinajstić information content (AvgIpc) is 3.34. The first-order chi connectivity index (χ1) is 15.8. The predicted molar refractivity (Wildman–Crippen MR) is 124 cm³/mol. The number of aliphatic hydroxyl groups is 1. The Labute approximate surface area is 199 Å². The van der Waals surface area contributed by atoms with Crippen molar-refractivity contribution in [1.29, 1.82) is 0 Å². The van der Waals surface area contributed by atoms with E-state index in [-0.39, 0.29) is 27.7 Å². The number of benzene rings is 2. The van der Waals surface area contributed by atoms with Crippen LogP contribution in [0, 0.1) is 6.92 Å². The largest absolute Gasteiger partial charge is 0.507 e. The lowest BCUT2D eigenvalue weighted by Gasteiger charge is -2.23. The van der Waals surface area contributed by atoms with E-state index in [0.717, 1.165) is 0 Å². The maximum atomic E-state index is 13.2. The molecule has 0 bridgehead atoms. The van der Waals surface area contributed by atoms with Crippen molar-refractivity contribution in [2.45, 2.75) is 13.0 Å². The summed E-state index contributed by atoms with van der Waals surface area (Å²) in [6.07, 6.45) is 0. The molecule has 170 valence electrons. The molecule has 4 rings (SSSR count). The zero-order valence-electron chi connectivity index (χ0n) is 17.9. The summed E-state index contributed by atoms with van der Waals surface area (Å²) in [6, 6.07) is 11.7. The Bertz CT molecular complexity index is 1280. The molecule has 9 heteroatoms. The quantitative estimate of drug-likeness (QED) is 0.288. The maximum Gasteiger partial charge on any atom is 0.300 e. The van der Waals surface area contributed by atoms with Crippen LogP contribution in [-0.2, 0) is 9.59 Å². The number of carbonyl (C=O) groups excluding carboxylic acids is 2. The number of aryl methyl sites for hydroxylation is 1. The molecule has 0 radical (unpaired) electrons. The molecular formula is C24H19Cl2NO6. The Morgan fingerprint density at radius 2 is 1.67 bits per heavy atom. The lowest BCUT2D eigenvalue weighted by atomic mass is 9.98. The predicted octanol–water partition coefficient (Wildman–Crippen LogP) is 5.54. The summed E-state index contributed by atoms with van der Waals surface area (Å²) in [5.74, 6) is -0.798. The van der Waals surface area contributed by atoms with Crippen LogP contribution in [0.5, 0.6) is 11.5 Å². The molecule has 7 nitrogen and oxygen atoms in total. The van der Waals surface area contributed by atoms with Gasteiger partial charge in [0.25, 0.3) is 11.7 Å². The Hall–Kier alpha value is -3.42. The third-order valence-electron chi connectivity index (χ3n) is 5.31. The lowest BCUT2D eigenvalue weighted by molar-refractivity contribution is -0.132. The number of halogens is 2. The number of aliphatic hydroxyl groups excluding tert-OH is 1. The van der Waals surface area contributed by atoms with Gasteiger partial charge in [-0.05, 0) is 49.4 Å². The molecule has 1 aromatic heterocycles. The van der Waals surface area contributed by atoms with E-state index in [1.807, 2.05) is 0 Å². The summed E-state index contributed by atoms with van der Waals surface area (Å²) in [5.41, 5.74) is 0.397. The van der Waals surface area contributed by atoms with Gasteiger partial charge in [-0.15, -0.1) is 0 Å². The second-order valence-electron chi connectivity index (χ2n) is 7.28. The fourth-order valence-corrected chi connectivity index (χ4v) is 4.12. The zero-order valence-corrected chi connectivity index (χ0v) is 19.4. The summed E-state index contributed by atoms with van der Waals surface area (Å²) >= 11 is 12.2. The third-order valence-corrected chi connectivity index (χ3v) is 5.86. The van der Waals surface area contributed by atoms with Crippen LogP contribution in [0.4, 0.5) is 5.69 Å². The third kappa shape index (κ3) is 3.94. The van der Waals surface area contributed by atoms with E-state index < -0.39 is 23.5 Å². The van der Waals surface area contributed by atoms with E-state index in [1.165, 1.54) is 31.3 Å². The first-order valence-electron chi connectivity index (χ1n) is 9.81. The first kappa shape index (κ1) is 22.8. The number of ether oxygens (including phenoxy) is 2. The Morgan fingerprint density at radius 1 is 1.00 bits per heavy atom. The van der Waals surface area contributed by atoms with Crippen molar-refractivity contribution in [1.82, 2.24) is 0 Å². The molecule has 3 aromatic rings. The van der Waals surface area contributed by atoms with Gasteiger partial charge in [-0.2, -0.15) is 0 Å². The van der Waals surface area contributed by atoms with E-state index in [0.29, 0.717) is 22.2 Å². The van der Waals surface area contributed by atoms with Gasteiger partial charge in [0.1, 0.15) is 34.8 Å². The van der Waals surface area contributed by atoms with Gasteiger partial charge in [0.05, 0.1) is 30.4 Å². The van der Waals surface area contributed by atoms with E-state index >= 15 is 0 Å². The molecule has 0 spiro atoms. The maximum absolute atomic E-state index is 13.2. The van der Waals surface area contributed by atoms with Crippen LogP contribution in [0.3, 0.4) is 0 Å². The molecule has 1 aliphatic rings.